The van der Waals surface area contributed by atoms with Crippen molar-refractivity contribution in [3.05, 3.63) is 23.1 Å². The second-order valence-electron chi connectivity index (χ2n) is 9.59. The highest BCUT2D eigenvalue weighted by molar-refractivity contribution is 7.21. The standard InChI is InChI=1S/C23H28F2N6O3S/c1-9-4-15-17(11(3)26-9)30-21(35-15)16-10(2)27-22(28-13-6-23(24,25)7-13)31-20(16)29-14-5-12(8-32)18(33)19(14)34/h4,12-14,18-19,32-34H,5-8H2,1-3H3,(H2,27,28,29,31)/t12-,14-,18-,19+/m1/s1. The van der Waals surface area contributed by atoms with Crippen molar-refractivity contribution in [1.29, 1.82) is 0 Å². The van der Waals surface area contributed by atoms with E-state index in [1.807, 2.05) is 19.9 Å². The van der Waals surface area contributed by atoms with E-state index in [4.69, 9.17) is 4.98 Å². The van der Waals surface area contributed by atoms with E-state index in [9.17, 15) is 24.1 Å². The van der Waals surface area contributed by atoms with Crippen molar-refractivity contribution in [2.45, 2.75) is 70.2 Å². The number of alkyl halides is 2. The highest BCUT2D eigenvalue weighted by Gasteiger charge is 2.46. The van der Waals surface area contributed by atoms with Gasteiger partial charge in [-0.1, -0.05) is 0 Å². The summed E-state index contributed by atoms with van der Waals surface area (Å²) < 4.78 is 27.6. The van der Waals surface area contributed by atoms with Gasteiger partial charge in [0.05, 0.1) is 33.8 Å². The maximum absolute atomic E-state index is 13.3. The zero-order valence-corrected chi connectivity index (χ0v) is 20.4. The first-order valence-electron chi connectivity index (χ1n) is 11.6. The van der Waals surface area contributed by atoms with E-state index in [2.05, 4.69) is 25.6 Å². The Hall–Kier alpha value is -2.54. The van der Waals surface area contributed by atoms with Crippen LogP contribution >= 0.6 is 11.3 Å². The van der Waals surface area contributed by atoms with E-state index < -0.39 is 36.1 Å². The Morgan fingerprint density at radius 2 is 1.77 bits per heavy atom. The van der Waals surface area contributed by atoms with Crippen LogP contribution in [-0.2, 0) is 0 Å². The molecule has 3 aromatic rings. The summed E-state index contributed by atoms with van der Waals surface area (Å²) in [4.78, 5) is 18.4. The van der Waals surface area contributed by atoms with Crippen LogP contribution in [0.15, 0.2) is 6.07 Å². The average Bonchev–Trinajstić information content (AvgIpc) is 3.28. The Balaban J connectivity index is 1.54. The minimum Gasteiger partial charge on any atom is -0.396 e. The number of aliphatic hydroxyl groups excluding tert-OH is 3. The zero-order chi connectivity index (χ0) is 25.1. The Morgan fingerprint density at radius 1 is 1.03 bits per heavy atom. The molecule has 9 nitrogen and oxygen atoms in total. The molecule has 5 N–H and O–H groups in total. The third kappa shape index (κ3) is 4.55. The summed E-state index contributed by atoms with van der Waals surface area (Å²) in [6, 6.07) is 0.957. The van der Waals surface area contributed by atoms with Gasteiger partial charge in [0.25, 0.3) is 5.92 Å². The van der Waals surface area contributed by atoms with Crippen molar-refractivity contribution >= 4 is 33.3 Å². The van der Waals surface area contributed by atoms with Gasteiger partial charge in [-0.2, -0.15) is 4.98 Å². The van der Waals surface area contributed by atoms with Crippen LogP contribution in [0.1, 0.15) is 36.3 Å². The summed E-state index contributed by atoms with van der Waals surface area (Å²) in [5.74, 6) is -2.57. The average molecular weight is 507 g/mol. The second-order valence-corrected chi connectivity index (χ2v) is 10.6. The predicted octanol–water partition coefficient (Wildman–Crippen LogP) is 2.80. The minimum absolute atomic E-state index is 0.204. The number of thiazole rings is 1. The second kappa shape index (κ2) is 8.84. The van der Waals surface area contributed by atoms with Gasteiger partial charge in [0, 0.05) is 37.1 Å². The smallest absolute Gasteiger partial charge is 0.252 e. The van der Waals surface area contributed by atoms with E-state index in [-0.39, 0.29) is 25.4 Å². The van der Waals surface area contributed by atoms with E-state index >= 15 is 0 Å². The first-order chi connectivity index (χ1) is 16.5. The van der Waals surface area contributed by atoms with Gasteiger partial charge in [-0.25, -0.2) is 18.7 Å². The molecule has 3 heterocycles. The van der Waals surface area contributed by atoms with Crippen LogP contribution in [0.25, 0.3) is 20.8 Å². The molecular weight excluding hydrogens is 478 g/mol. The van der Waals surface area contributed by atoms with Gasteiger partial charge in [-0.3, -0.25) is 4.98 Å². The molecule has 0 aliphatic heterocycles. The Kier molecular flexibility index (Phi) is 6.10. The molecule has 0 amide bonds. The van der Waals surface area contributed by atoms with Crippen LogP contribution in [0.4, 0.5) is 20.5 Å². The number of nitrogens with zero attached hydrogens (tertiary/aromatic N) is 4. The van der Waals surface area contributed by atoms with Crippen LogP contribution in [0.3, 0.4) is 0 Å². The number of fused-ring (bicyclic) bond motifs is 1. The topological polar surface area (TPSA) is 136 Å². The molecule has 3 aromatic heterocycles. The lowest BCUT2D eigenvalue weighted by atomic mass is 9.88. The Morgan fingerprint density at radius 3 is 2.43 bits per heavy atom. The van der Waals surface area contributed by atoms with Gasteiger partial charge in [0.15, 0.2) is 0 Å². The van der Waals surface area contributed by atoms with Gasteiger partial charge < -0.3 is 26.0 Å². The third-order valence-corrected chi connectivity index (χ3v) is 7.79. The van der Waals surface area contributed by atoms with E-state index in [0.717, 1.165) is 21.6 Å². The quantitative estimate of drug-likeness (QED) is 0.342. The number of hydrogen-bond donors (Lipinski definition) is 5. The largest absolute Gasteiger partial charge is 0.396 e. The van der Waals surface area contributed by atoms with E-state index in [1.54, 1.807) is 6.92 Å². The highest BCUT2D eigenvalue weighted by Crippen LogP contribution is 2.41. The molecule has 2 saturated carbocycles. The molecule has 0 bridgehead atoms. The molecule has 2 fully saturated rings. The molecule has 188 valence electrons. The fourth-order valence-electron chi connectivity index (χ4n) is 4.90. The summed E-state index contributed by atoms with van der Waals surface area (Å²) in [5, 5.41) is 37.3. The Bertz CT molecular complexity index is 1260. The monoisotopic (exact) mass is 506 g/mol. The maximum atomic E-state index is 13.3. The SMILES string of the molecule is Cc1cc2sc(-c3c(C)nc(NC4CC(F)(F)C4)nc3N[C@@H]3C[C@H](CO)[C@@H](O)[C@H]3O)nc2c(C)n1. The number of aliphatic hydroxyl groups is 3. The van der Waals surface area contributed by atoms with Gasteiger partial charge in [0.2, 0.25) is 5.95 Å². The van der Waals surface area contributed by atoms with Crippen LogP contribution < -0.4 is 10.6 Å². The van der Waals surface area contributed by atoms with Crippen molar-refractivity contribution < 1.29 is 24.1 Å². The van der Waals surface area contributed by atoms with Crippen LogP contribution in [-0.4, -0.2) is 72.1 Å². The first kappa shape index (κ1) is 24.2. The number of rotatable bonds is 6. The number of aromatic nitrogens is 4. The van der Waals surface area contributed by atoms with Crippen LogP contribution in [0, 0.1) is 26.7 Å². The van der Waals surface area contributed by atoms with Crippen molar-refractivity contribution in [3.8, 4) is 10.6 Å². The normalized spacial score (nSPS) is 26.2. The molecule has 0 saturated heterocycles. The molecule has 5 rings (SSSR count). The lowest BCUT2D eigenvalue weighted by molar-refractivity contribution is -0.0794. The summed E-state index contributed by atoms with van der Waals surface area (Å²) in [6.45, 7) is 5.36. The molecule has 2 aliphatic rings. The predicted molar refractivity (Wildman–Crippen MR) is 129 cm³/mol. The van der Waals surface area contributed by atoms with E-state index in [1.165, 1.54) is 11.3 Å². The molecule has 2 aliphatic carbocycles. The number of nitrogens with one attached hydrogen (secondary N) is 2. The molecule has 12 heteroatoms. The molecular formula is C23H28F2N6O3S. The highest BCUT2D eigenvalue weighted by atomic mass is 32.1. The lowest BCUT2D eigenvalue weighted by Crippen LogP contribution is -2.44. The van der Waals surface area contributed by atoms with Crippen molar-refractivity contribution in [2.75, 3.05) is 17.2 Å². The number of halogens is 2. The number of hydrogen-bond acceptors (Lipinski definition) is 10. The fraction of sp³-hybridized carbons (Fsp3) is 0.565. The summed E-state index contributed by atoms with van der Waals surface area (Å²) in [7, 11) is 0. The minimum atomic E-state index is -2.68. The summed E-state index contributed by atoms with van der Waals surface area (Å²) in [6.07, 6.45) is -2.41. The molecule has 35 heavy (non-hydrogen) atoms. The van der Waals surface area contributed by atoms with Crippen LogP contribution in [0.2, 0.25) is 0 Å². The lowest BCUT2D eigenvalue weighted by Gasteiger charge is -2.35. The molecule has 0 aromatic carbocycles. The van der Waals surface area contributed by atoms with Crippen LogP contribution in [0.5, 0.6) is 0 Å². The Labute approximate surface area is 204 Å². The number of anilines is 2. The number of aryl methyl sites for hydroxylation is 3. The summed E-state index contributed by atoms with van der Waals surface area (Å²) >= 11 is 1.46. The molecule has 4 atom stereocenters. The van der Waals surface area contributed by atoms with Crippen molar-refractivity contribution in [2.24, 2.45) is 5.92 Å². The maximum Gasteiger partial charge on any atom is 0.252 e. The van der Waals surface area contributed by atoms with E-state index in [0.29, 0.717) is 28.5 Å². The van der Waals surface area contributed by atoms with Gasteiger partial charge in [0.1, 0.15) is 22.4 Å². The molecule has 0 radical (unpaired) electrons. The third-order valence-electron chi connectivity index (χ3n) is 6.77. The zero-order valence-electron chi connectivity index (χ0n) is 19.6. The molecule has 0 unspecified atom stereocenters. The van der Waals surface area contributed by atoms with Crippen molar-refractivity contribution in [1.82, 2.24) is 19.9 Å². The van der Waals surface area contributed by atoms with Gasteiger partial charge >= 0.3 is 0 Å². The van der Waals surface area contributed by atoms with Gasteiger partial charge in [-0.15, -0.1) is 11.3 Å². The molecule has 0 spiro atoms. The fourth-order valence-corrected chi connectivity index (χ4v) is 6.11. The van der Waals surface area contributed by atoms with Gasteiger partial charge in [-0.05, 0) is 33.3 Å². The summed E-state index contributed by atoms with van der Waals surface area (Å²) in [5.41, 5.74) is 3.68. The van der Waals surface area contributed by atoms with Crippen molar-refractivity contribution in [3.63, 3.8) is 0 Å². The number of pyridine rings is 1. The first-order valence-corrected chi connectivity index (χ1v) is 12.4.